The Morgan fingerprint density at radius 2 is 1.84 bits per heavy atom. The van der Waals surface area contributed by atoms with Gasteiger partial charge < -0.3 is 5.73 Å². The Kier molecular flexibility index (Phi) is 4.95. The summed E-state index contributed by atoms with van der Waals surface area (Å²) in [5.74, 6) is -0.00567. The first-order valence-electron chi connectivity index (χ1n) is 7.58. The molecule has 0 saturated heterocycles. The van der Waals surface area contributed by atoms with E-state index in [4.69, 9.17) is 17.3 Å². The highest BCUT2D eigenvalue weighted by atomic mass is 35.5. The lowest BCUT2D eigenvalue weighted by Gasteiger charge is -2.20. The maximum absolute atomic E-state index is 13.4. The standard InChI is InChI=1S/C19H15ClFN3O/c20-16-8-2-1-7-15(16)17-9-4-10-18(23-17)24(19(22)25)12-13-5-3-6-14(21)11-13/h1-11H,12H2,(H2,22,25). The van der Waals surface area contributed by atoms with Crippen molar-refractivity contribution in [3.8, 4) is 11.3 Å². The number of anilines is 1. The minimum Gasteiger partial charge on any atom is -0.351 e. The second-order valence-electron chi connectivity index (χ2n) is 5.42. The van der Waals surface area contributed by atoms with Gasteiger partial charge >= 0.3 is 6.03 Å². The van der Waals surface area contributed by atoms with Gasteiger partial charge in [-0.1, -0.05) is 48.0 Å². The molecule has 1 aromatic heterocycles. The highest BCUT2D eigenvalue weighted by molar-refractivity contribution is 6.33. The predicted octanol–water partition coefficient (Wildman–Crippen LogP) is 4.63. The Balaban J connectivity index is 1.96. The summed E-state index contributed by atoms with van der Waals surface area (Å²) in [6.07, 6.45) is 0. The highest BCUT2D eigenvalue weighted by Gasteiger charge is 2.16. The Morgan fingerprint density at radius 3 is 2.56 bits per heavy atom. The molecule has 3 aromatic rings. The average Bonchev–Trinajstić information content (AvgIpc) is 2.60. The summed E-state index contributed by atoms with van der Waals surface area (Å²) < 4.78 is 13.4. The van der Waals surface area contributed by atoms with E-state index >= 15 is 0 Å². The third-order valence-corrected chi connectivity index (χ3v) is 3.99. The number of nitrogens with zero attached hydrogens (tertiary/aromatic N) is 2. The molecule has 0 spiro atoms. The fourth-order valence-corrected chi connectivity index (χ4v) is 2.71. The van der Waals surface area contributed by atoms with Crippen LogP contribution in [0, 0.1) is 5.82 Å². The molecule has 126 valence electrons. The highest BCUT2D eigenvalue weighted by Crippen LogP contribution is 2.27. The molecule has 25 heavy (non-hydrogen) atoms. The van der Waals surface area contributed by atoms with E-state index in [1.54, 1.807) is 36.4 Å². The van der Waals surface area contributed by atoms with Crippen LogP contribution in [0.5, 0.6) is 0 Å². The molecule has 0 aliphatic heterocycles. The lowest BCUT2D eigenvalue weighted by Crippen LogP contribution is -2.35. The van der Waals surface area contributed by atoms with E-state index in [-0.39, 0.29) is 12.4 Å². The lowest BCUT2D eigenvalue weighted by atomic mass is 10.1. The van der Waals surface area contributed by atoms with Gasteiger partial charge in [0.1, 0.15) is 11.6 Å². The zero-order chi connectivity index (χ0) is 17.8. The van der Waals surface area contributed by atoms with E-state index in [0.29, 0.717) is 22.1 Å². The smallest absolute Gasteiger partial charge is 0.320 e. The fourth-order valence-electron chi connectivity index (χ4n) is 2.48. The van der Waals surface area contributed by atoms with E-state index in [2.05, 4.69) is 4.98 Å². The molecule has 3 rings (SSSR count). The number of rotatable bonds is 4. The van der Waals surface area contributed by atoms with Gasteiger partial charge in [-0.05, 0) is 35.9 Å². The average molecular weight is 356 g/mol. The monoisotopic (exact) mass is 355 g/mol. The van der Waals surface area contributed by atoms with Gasteiger partial charge in [0.05, 0.1) is 12.2 Å². The number of nitrogens with two attached hydrogens (primary N) is 1. The minimum absolute atomic E-state index is 0.117. The van der Waals surface area contributed by atoms with Crippen molar-refractivity contribution < 1.29 is 9.18 Å². The van der Waals surface area contributed by atoms with E-state index in [1.165, 1.54) is 17.0 Å². The van der Waals surface area contributed by atoms with E-state index in [0.717, 1.165) is 5.56 Å². The summed E-state index contributed by atoms with van der Waals surface area (Å²) in [4.78, 5) is 17.7. The van der Waals surface area contributed by atoms with Gasteiger partial charge in [0, 0.05) is 10.6 Å². The van der Waals surface area contributed by atoms with Crippen LogP contribution in [-0.2, 0) is 6.54 Å². The first-order chi connectivity index (χ1) is 12.0. The number of hydrogen-bond acceptors (Lipinski definition) is 2. The molecule has 0 aliphatic carbocycles. The third-order valence-electron chi connectivity index (χ3n) is 3.66. The van der Waals surface area contributed by atoms with E-state index < -0.39 is 6.03 Å². The largest absolute Gasteiger partial charge is 0.351 e. The maximum Gasteiger partial charge on any atom is 0.320 e. The summed E-state index contributed by atoms with van der Waals surface area (Å²) in [5, 5.41) is 0.558. The number of carbonyl (C=O) groups is 1. The summed E-state index contributed by atoms with van der Waals surface area (Å²) in [6.45, 7) is 0.117. The summed E-state index contributed by atoms with van der Waals surface area (Å²) in [6, 6.07) is 17.9. The molecular weight excluding hydrogens is 341 g/mol. The Labute approximate surface area is 149 Å². The molecule has 4 nitrogen and oxygen atoms in total. The molecule has 0 aliphatic rings. The normalized spacial score (nSPS) is 10.5. The van der Waals surface area contributed by atoms with Gasteiger partial charge in [0.25, 0.3) is 0 Å². The minimum atomic E-state index is -0.673. The number of aromatic nitrogens is 1. The first-order valence-corrected chi connectivity index (χ1v) is 7.96. The fraction of sp³-hybridized carbons (Fsp3) is 0.0526. The topological polar surface area (TPSA) is 59.2 Å². The van der Waals surface area contributed by atoms with Crippen molar-refractivity contribution in [2.75, 3.05) is 4.90 Å². The Morgan fingerprint density at radius 1 is 1.08 bits per heavy atom. The van der Waals surface area contributed by atoms with Crippen molar-refractivity contribution in [1.82, 2.24) is 4.98 Å². The van der Waals surface area contributed by atoms with Crippen molar-refractivity contribution in [1.29, 1.82) is 0 Å². The number of amides is 2. The molecule has 0 radical (unpaired) electrons. The van der Waals surface area contributed by atoms with Crippen LogP contribution in [-0.4, -0.2) is 11.0 Å². The number of hydrogen-bond donors (Lipinski definition) is 1. The molecule has 0 saturated carbocycles. The van der Waals surface area contributed by atoms with Crippen molar-refractivity contribution in [3.05, 3.63) is 83.1 Å². The van der Waals surface area contributed by atoms with E-state index in [9.17, 15) is 9.18 Å². The van der Waals surface area contributed by atoms with Crippen molar-refractivity contribution in [3.63, 3.8) is 0 Å². The molecule has 0 bridgehead atoms. The van der Waals surface area contributed by atoms with Gasteiger partial charge in [0.2, 0.25) is 0 Å². The van der Waals surface area contributed by atoms with Crippen LogP contribution in [0.2, 0.25) is 5.02 Å². The van der Waals surface area contributed by atoms with Gasteiger partial charge in [-0.2, -0.15) is 0 Å². The Bertz CT molecular complexity index is 916. The number of halogens is 2. The molecule has 2 aromatic carbocycles. The second kappa shape index (κ2) is 7.32. The number of urea groups is 1. The molecule has 6 heteroatoms. The SMILES string of the molecule is NC(=O)N(Cc1cccc(F)c1)c1cccc(-c2ccccc2Cl)n1. The van der Waals surface area contributed by atoms with Crippen LogP contribution >= 0.6 is 11.6 Å². The summed E-state index contributed by atoms with van der Waals surface area (Å²) in [5.41, 5.74) is 7.49. The predicted molar refractivity (Wildman–Crippen MR) is 96.8 cm³/mol. The third kappa shape index (κ3) is 3.95. The second-order valence-corrected chi connectivity index (χ2v) is 5.82. The molecule has 0 fully saturated rings. The molecule has 2 N–H and O–H groups in total. The summed E-state index contributed by atoms with van der Waals surface area (Å²) >= 11 is 6.21. The Hall–Kier alpha value is -2.92. The molecule has 1 heterocycles. The van der Waals surface area contributed by atoms with Crippen LogP contribution in [0.25, 0.3) is 11.3 Å². The molecular formula is C19H15ClFN3O. The quantitative estimate of drug-likeness (QED) is 0.742. The van der Waals surface area contributed by atoms with Crippen LogP contribution in [0.3, 0.4) is 0 Å². The van der Waals surface area contributed by atoms with Crippen molar-refractivity contribution in [2.24, 2.45) is 5.73 Å². The van der Waals surface area contributed by atoms with Gasteiger partial charge in [-0.25, -0.2) is 14.2 Å². The molecule has 2 amide bonds. The van der Waals surface area contributed by atoms with Crippen molar-refractivity contribution >= 4 is 23.4 Å². The molecule has 0 unspecified atom stereocenters. The van der Waals surface area contributed by atoms with Gasteiger partial charge in [-0.15, -0.1) is 0 Å². The zero-order valence-electron chi connectivity index (χ0n) is 13.2. The lowest BCUT2D eigenvalue weighted by molar-refractivity contribution is 0.253. The zero-order valence-corrected chi connectivity index (χ0v) is 13.9. The number of carbonyl (C=O) groups excluding carboxylic acids is 1. The van der Waals surface area contributed by atoms with Gasteiger partial charge in [-0.3, -0.25) is 4.90 Å². The van der Waals surface area contributed by atoms with Gasteiger partial charge in [0.15, 0.2) is 0 Å². The number of pyridine rings is 1. The van der Waals surface area contributed by atoms with Crippen molar-refractivity contribution in [2.45, 2.75) is 6.54 Å². The number of primary amides is 1. The van der Waals surface area contributed by atoms with Crippen LogP contribution in [0.15, 0.2) is 66.7 Å². The number of benzene rings is 2. The molecule has 0 atom stereocenters. The summed E-state index contributed by atoms with van der Waals surface area (Å²) in [7, 11) is 0. The maximum atomic E-state index is 13.4. The van der Waals surface area contributed by atoms with Crippen LogP contribution in [0.4, 0.5) is 15.0 Å². The van der Waals surface area contributed by atoms with E-state index in [1.807, 2.05) is 18.2 Å². The van der Waals surface area contributed by atoms with Crippen LogP contribution in [0.1, 0.15) is 5.56 Å². The first kappa shape index (κ1) is 16.9. The van der Waals surface area contributed by atoms with Crippen LogP contribution < -0.4 is 10.6 Å².